The number of carbonyl (C=O) groups excluding carboxylic acids is 1. The molecule has 5 heteroatoms. The van der Waals surface area contributed by atoms with Gasteiger partial charge in [-0.15, -0.1) is 0 Å². The fraction of sp³-hybridized carbons (Fsp3) is 0.562. The van der Waals surface area contributed by atoms with Crippen LogP contribution in [-0.4, -0.2) is 44.6 Å². The molecule has 0 bridgehead atoms. The van der Waals surface area contributed by atoms with Gasteiger partial charge in [0.1, 0.15) is 5.75 Å². The Morgan fingerprint density at radius 3 is 2.67 bits per heavy atom. The second kappa shape index (κ2) is 8.64. The molecule has 0 aliphatic rings. The van der Waals surface area contributed by atoms with Gasteiger partial charge in [-0.05, 0) is 32.6 Å². The van der Waals surface area contributed by atoms with E-state index in [1.165, 1.54) is 12.5 Å². The predicted octanol–water partition coefficient (Wildman–Crippen LogP) is 1.37. The van der Waals surface area contributed by atoms with Crippen molar-refractivity contribution in [2.24, 2.45) is 0 Å². The van der Waals surface area contributed by atoms with Crippen molar-refractivity contribution in [3.8, 4) is 5.75 Å². The lowest BCUT2D eigenvalue weighted by Gasteiger charge is -2.16. The van der Waals surface area contributed by atoms with E-state index in [-0.39, 0.29) is 11.9 Å². The van der Waals surface area contributed by atoms with Gasteiger partial charge in [-0.25, -0.2) is 0 Å². The number of hydrogen-bond acceptors (Lipinski definition) is 4. The van der Waals surface area contributed by atoms with Crippen LogP contribution in [0.2, 0.25) is 0 Å². The number of nitrogens with one attached hydrogen (secondary N) is 2. The van der Waals surface area contributed by atoms with Crippen molar-refractivity contribution in [2.45, 2.75) is 33.0 Å². The Morgan fingerprint density at radius 1 is 1.38 bits per heavy atom. The van der Waals surface area contributed by atoms with Gasteiger partial charge in [-0.1, -0.05) is 12.1 Å². The molecule has 1 amide bonds. The number of methoxy groups -OCH3 is 1. The van der Waals surface area contributed by atoms with Crippen molar-refractivity contribution < 1.29 is 9.53 Å². The van der Waals surface area contributed by atoms with Crippen LogP contribution in [0.5, 0.6) is 5.75 Å². The Balaban J connectivity index is 2.56. The third-order valence-electron chi connectivity index (χ3n) is 3.07. The topological polar surface area (TPSA) is 53.6 Å². The summed E-state index contributed by atoms with van der Waals surface area (Å²) in [5.41, 5.74) is 2.35. The molecule has 1 aromatic rings. The van der Waals surface area contributed by atoms with Crippen LogP contribution in [0.3, 0.4) is 0 Å². The van der Waals surface area contributed by atoms with Crippen molar-refractivity contribution >= 4 is 5.91 Å². The summed E-state index contributed by atoms with van der Waals surface area (Å²) < 4.78 is 5.46. The van der Waals surface area contributed by atoms with E-state index in [0.717, 1.165) is 30.9 Å². The fourth-order valence-electron chi connectivity index (χ4n) is 2.22. The lowest BCUT2D eigenvalue weighted by molar-refractivity contribution is -0.119. The van der Waals surface area contributed by atoms with Crippen molar-refractivity contribution in [2.75, 3.05) is 27.7 Å². The molecule has 0 radical (unpaired) electrons. The summed E-state index contributed by atoms with van der Waals surface area (Å²) in [5.74, 6) is 0.893. The van der Waals surface area contributed by atoms with Gasteiger partial charge >= 0.3 is 0 Å². The molecule has 0 saturated carbocycles. The number of hydrogen-bond donors (Lipinski definition) is 2. The number of carbonyl (C=O) groups is 1. The largest absolute Gasteiger partial charge is 0.496 e. The molecule has 0 aliphatic heterocycles. The van der Waals surface area contributed by atoms with Gasteiger partial charge < -0.3 is 20.3 Å². The number of amides is 1. The van der Waals surface area contributed by atoms with Crippen molar-refractivity contribution in [1.82, 2.24) is 15.5 Å². The van der Waals surface area contributed by atoms with Gasteiger partial charge in [-0.3, -0.25) is 4.79 Å². The summed E-state index contributed by atoms with van der Waals surface area (Å²) in [6, 6.07) is 6.40. The highest BCUT2D eigenvalue weighted by Crippen LogP contribution is 2.20. The molecule has 118 valence electrons. The average molecular weight is 293 g/mol. The fourth-order valence-corrected chi connectivity index (χ4v) is 2.22. The molecule has 5 nitrogen and oxygen atoms in total. The van der Waals surface area contributed by atoms with E-state index in [0.29, 0.717) is 0 Å². The Kier molecular flexibility index (Phi) is 7.19. The molecule has 0 heterocycles. The quantitative estimate of drug-likeness (QED) is 0.760. The molecule has 21 heavy (non-hydrogen) atoms. The minimum absolute atomic E-state index is 0.00470. The van der Waals surface area contributed by atoms with Crippen LogP contribution in [-0.2, 0) is 17.9 Å². The SMILES string of the molecule is COc1cc(CN(C)C)ccc1CNCC(C)NC(C)=O. The molecule has 0 saturated heterocycles. The Morgan fingerprint density at radius 2 is 2.10 bits per heavy atom. The van der Waals surface area contributed by atoms with Crippen LogP contribution in [0.1, 0.15) is 25.0 Å². The average Bonchev–Trinajstić information content (AvgIpc) is 2.38. The standard InChI is InChI=1S/C16H27N3O2/c1-12(18-13(2)20)9-17-10-15-7-6-14(11-19(3)4)8-16(15)21-5/h6-8,12,17H,9-11H2,1-5H3,(H,18,20). The highest BCUT2D eigenvalue weighted by atomic mass is 16.5. The molecular formula is C16H27N3O2. The van der Waals surface area contributed by atoms with Crippen LogP contribution < -0.4 is 15.4 Å². The van der Waals surface area contributed by atoms with E-state index < -0.39 is 0 Å². The van der Waals surface area contributed by atoms with Gasteiger partial charge in [-0.2, -0.15) is 0 Å². The van der Waals surface area contributed by atoms with Gasteiger partial charge in [0.25, 0.3) is 0 Å². The van der Waals surface area contributed by atoms with E-state index in [9.17, 15) is 4.79 Å². The van der Waals surface area contributed by atoms with Crippen LogP contribution in [0, 0.1) is 0 Å². The smallest absolute Gasteiger partial charge is 0.217 e. The van der Waals surface area contributed by atoms with E-state index in [2.05, 4.69) is 33.7 Å². The Labute approximate surface area is 127 Å². The maximum Gasteiger partial charge on any atom is 0.217 e. The summed E-state index contributed by atoms with van der Waals surface area (Å²) in [4.78, 5) is 13.1. The second-order valence-electron chi connectivity index (χ2n) is 5.62. The first-order chi connectivity index (χ1) is 9.92. The van der Waals surface area contributed by atoms with Gasteiger partial charge in [0.05, 0.1) is 7.11 Å². The maximum atomic E-state index is 11.0. The molecule has 2 N–H and O–H groups in total. The number of rotatable bonds is 8. The van der Waals surface area contributed by atoms with Gasteiger partial charge in [0.2, 0.25) is 5.91 Å². The first-order valence-corrected chi connectivity index (χ1v) is 7.20. The van der Waals surface area contributed by atoms with Crippen molar-refractivity contribution in [3.05, 3.63) is 29.3 Å². The van der Waals surface area contributed by atoms with E-state index >= 15 is 0 Å². The zero-order valence-corrected chi connectivity index (χ0v) is 13.7. The third kappa shape index (κ3) is 6.60. The van der Waals surface area contributed by atoms with Crippen molar-refractivity contribution in [1.29, 1.82) is 0 Å². The van der Waals surface area contributed by atoms with Crippen LogP contribution in [0.15, 0.2) is 18.2 Å². The molecule has 0 spiro atoms. The molecule has 1 rings (SSSR count). The zero-order valence-electron chi connectivity index (χ0n) is 13.7. The van der Waals surface area contributed by atoms with E-state index in [4.69, 9.17) is 4.74 Å². The van der Waals surface area contributed by atoms with E-state index in [1.54, 1.807) is 7.11 Å². The van der Waals surface area contributed by atoms with Crippen LogP contribution in [0.4, 0.5) is 0 Å². The lowest BCUT2D eigenvalue weighted by Crippen LogP contribution is -2.38. The minimum atomic E-state index is -0.00470. The minimum Gasteiger partial charge on any atom is -0.496 e. The lowest BCUT2D eigenvalue weighted by atomic mass is 10.1. The maximum absolute atomic E-state index is 11.0. The third-order valence-corrected chi connectivity index (χ3v) is 3.07. The molecule has 1 unspecified atom stereocenters. The van der Waals surface area contributed by atoms with Crippen LogP contribution in [0.25, 0.3) is 0 Å². The molecular weight excluding hydrogens is 266 g/mol. The van der Waals surface area contributed by atoms with Crippen LogP contribution >= 0.6 is 0 Å². The van der Waals surface area contributed by atoms with Gasteiger partial charge in [0, 0.05) is 38.2 Å². The number of nitrogens with zero attached hydrogens (tertiary/aromatic N) is 1. The summed E-state index contributed by atoms with van der Waals surface area (Å²) in [6.07, 6.45) is 0. The van der Waals surface area contributed by atoms with E-state index in [1.807, 2.05) is 21.0 Å². The number of ether oxygens (including phenoxy) is 1. The molecule has 1 atom stereocenters. The first-order valence-electron chi connectivity index (χ1n) is 7.20. The number of benzene rings is 1. The zero-order chi connectivity index (χ0) is 15.8. The normalized spacial score (nSPS) is 12.3. The Hall–Kier alpha value is -1.59. The summed E-state index contributed by atoms with van der Waals surface area (Å²) in [5, 5.41) is 6.19. The van der Waals surface area contributed by atoms with Gasteiger partial charge in [0.15, 0.2) is 0 Å². The Bertz CT molecular complexity index is 461. The second-order valence-corrected chi connectivity index (χ2v) is 5.62. The molecule has 0 fully saturated rings. The predicted molar refractivity (Wildman–Crippen MR) is 85.4 cm³/mol. The first kappa shape index (κ1) is 17.5. The molecule has 1 aromatic carbocycles. The molecule has 0 aromatic heterocycles. The summed E-state index contributed by atoms with van der Waals surface area (Å²) >= 11 is 0. The highest BCUT2D eigenvalue weighted by Gasteiger charge is 2.07. The molecule has 0 aliphatic carbocycles. The summed E-state index contributed by atoms with van der Waals surface area (Å²) in [6.45, 7) is 5.84. The van der Waals surface area contributed by atoms with Crippen molar-refractivity contribution in [3.63, 3.8) is 0 Å². The summed E-state index contributed by atoms with van der Waals surface area (Å²) in [7, 11) is 5.79. The highest BCUT2D eigenvalue weighted by molar-refractivity contribution is 5.73. The monoisotopic (exact) mass is 293 g/mol.